The molecule has 4 fully saturated rings. The molecule has 18 heteroatoms. The van der Waals surface area contributed by atoms with E-state index < -0.39 is 64.4 Å². The molecule has 0 bridgehead atoms. The minimum absolute atomic E-state index is 0.00945. The Morgan fingerprint density at radius 2 is 1.94 bits per heavy atom. The number of carbonyl (C=O) groups excluding carboxylic acids is 1. The van der Waals surface area contributed by atoms with Crippen LogP contribution in [-0.4, -0.2) is 133 Å². The molecule has 3 saturated heterocycles. The summed E-state index contributed by atoms with van der Waals surface area (Å²) in [6.45, 7) is 10.1. The van der Waals surface area contributed by atoms with Crippen molar-refractivity contribution in [3.05, 3.63) is 53.9 Å². The van der Waals surface area contributed by atoms with Gasteiger partial charge in [-0.2, -0.15) is 5.10 Å². The van der Waals surface area contributed by atoms with Crippen LogP contribution in [0, 0.1) is 11.2 Å². The Hall–Kier alpha value is -3.84. The van der Waals surface area contributed by atoms with Crippen LogP contribution in [0.3, 0.4) is 0 Å². The summed E-state index contributed by atoms with van der Waals surface area (Å²) in [5, 5.41) is 15.2. The molecule has 1 spiro atoms. The van der Waals surface area contributed by atoms with E-state index in [1.807, 2.05) is 4.90 Å². The second-order valence-electron chi connectivity index (χ2n) is 15.3. The molecule has 1 aromatic heterocycles. The lowest BCUT2D eigenvalue weighted by Crippen LogP contribution is -2.63. The number of halogens is 3. The highest BCUT2D eigenvalue weighted by molar-refractivity contribution is 7.89. The molecule has 1 aliphatic carbocycles. The Morgan fingerprint density at radius 3 is 2.50 bits per heavy atom. The van der Waals surface area contributed by atoms with Crippen molar-refractivity contribution in [1.82, 2.24) is 29.2 Å². The van der Waals surface area contributed by atoms with Gasteiger partial charge in [0.15, 0.2) is 17.4 Å². The normalized spacial score (nSPS) is 25.0. The molecule has 0 unspecified atom stereocenters. The number of hydrogen-bond acceptors (Lipinski definition) is 10. The number of alkyl halides is 2. The SMILES string of the molecule is C=N/C=C(/Oc1ccc(F)cc1C(=O)N(C(C)C)C1CC(F)(F)C1)C(=NC)N1CC2(CCN(C[C@@]3(O)CC[C@@H](NS(=O)(=O)c4cnn(C)c4)CO3)CC2)C1. The van der Waals surface area contributed by atoms with Gasteiger partial charge in [0.2, 0.25) is 10.0 Å². The van der Waals surface area contributed by atoms with E-state index in [9.17, 15) is 31.5 Å². The molecule has 54 heavy (non-hydrogen) atoms. The topological polar surface area (TPSA) is 154 Å². The van der Waals surface area contributed by atoms with Crippen molar-refractivity contribution in [1.29, 1.82) is 0 Å². The monoisotopic (exact) mass is 778 g/mol. The minimum Gasteiger partial charge on any atom is -0.451 e. The number of ether oxygens (including phenoxy) is 2. The van der Waals surface area contributed by atoms with Gasteiger partial charge >= 0.3 is 0 Å². The molecule has 3 aliphatic heterocycles. The molecule has 296 valence electrons. The average molecular weight is 779 g/mol. The number of aliphatic hydroxyl groups is 1. The van der Waals surface area contributed by atoms with Crippen molar-refractivity contribution >= 4 is 28.5 Å². The summed E-state index contributed by atoms with van der Waals surface area (Å²) in [6.07, 6.45) is 5.57. The zero-order chi connectivity index (χ0) is 39.1. The van der Waals surface area contributed by atoms with E-state index in [4.69, 9.17) is 9.47 Å². The molecule has 6 rings (SSSR count). The fourth-order valence-corrected chi connectivity index (χ4v) is 9.14. The van der Waals surface area contributed by atoms with Gasteiger partial charge < -0.3 is 24.4 Å². The fraction of sp³-hybridized carbons (Fsp3) is 0.611. The van der Waals surface area contributed by atoms with E-state index >= 15 is 0 Å². The van der Waals surface area contributed by atoms with Crippen LogP contribution in [0.25, 0.3) is 0 Å². The Labute approximate surface area is 313 Å². The molecule has 1 amide bonds. The van der Waals surface area contributed by atoms with Gasteiger partial charge in [-0.1, -0.05) is 0 Å². The number of aromatic nitrogens is 2. The molecule has 2 atom stereocenters. The van der Waals surface area contributed by atoms with E-state index in [1.165, 1.54) is 34.2 Å². The number of β-amino-alcohol motifs (C(OH)–C–C–N with tert-alkyl or cyclic N) is 1. The van der Waals surface area contributed by atoms with Crippen LogP contribution in [0.4, 0.5) is 13.2 Å². The minimum atomic E-state index is -3.76. The second-order valence-corrected chi connectivity index (χ2v) is 17.0. The second kappa shape index (κ2) is 15.4. The number of aliphatic imine (C=N–C) groups is 2. The summed E-state index contributed by atoms with van der Waals surface area (Å²) in [5.41, 5.74) is -0.105. The summed E-state index contributed by atoms with van der Waals surface area (Å²) in [7, 11) is -0.509. The van der Waals surface area contributed by atoms with Gasteiger partial charge in [0.1, 0.15) is 16.5 Å². The van der Waals surface area contributed by atoms with Gasteiger partial charge in [-0.05, 0) is 71.1 Å². The first-order chi connectivity index (χ1) is 25.4. The number of sulfonamides is 1. The third-order valence-electron chi connectivity index (χ3n) is 10.8. The van der Waals surface area contributed by atoms with Crippen LogP contribution in [-0.2, 0) is 21.8 Å². The van der Waals surface area contributed by atoms with E-state index in [-0.39, 0.29) is 40.4 Å². The molecular weight excluding hydrogens is 730 g/mol. The number of likely N-dealkylation sites (tertiary alicyclic amines) is 2. The number of aryl methyl sites for hydroxylation is 1. The van der Waals surface area contributed by atoms with E-state index in [2.05, 4.69) is 31.4 Å². The number of nitrogens with one attached hydrogen (secondary N) is 1. The number of amides is 1. The summed E-state index contributed by atoms with van der Waals surface area (Å²) < 4.78 is 83.6. The fourth-order valence-electron chi connectivity index (χ4n) is 7.90. The van der Waals surface area contributed by atoms with Crippen molar-refractivity contribution in [3.8, 4) is 5.75 Å². The highest BCUT2D eigenvalue weighted by atomic mass is 32.2. The molecule has 14 nitrogen and oxygen atoms in total. The lowest BCUT2D eigenvalue weighted by Gasteiger charge is -2.55. The first-order valence-electron chi connectivity index (χ1n) is 18.1. The van der Waals surface area contributed by atoms with Crippen molar-refractivity contribution < 1.29 is 41.0 Å². The largest absolute Gasteiger partial charge is 0.451 e. The lowest BCUT2D eigenvalue weighted by atomic mass is 9.71. The maximum absolute atomic E-state index is 14.5. The van der Waals surface area contributed by atoms with Gasteiger partial charge in [-0.25, -0.2) is 26.3 Å². The van der Waals surface area contributed by atoms with Crippen LogP contribution >= 0.6 is 0 Å². The zero-order valence-electron chi connectivity index (χ0n) is 31.0. The van der Waals surface area contributed by atoms with Crippen molar-refractivity contribution in [3.63, 3.8) is 0 Å². The first-order valence-corrected chi connectivity index (χ1v) is 19.6. The average Bonchev–Trinajstić information content (AvgIpc) is 3.53. The quantitative estimate of drug-likeness (QED) is 0.188. The van der Waals surface area contributed by atoms with Crippen molar-refractivity contribution in [2.24, 2.45) is 22.4 Å². The van der Waals surface area contributed by atoms with Crippen LogP contribution in [0.2, 0.25) is 0 Å². The molecule has 2 N–H and O–H groups in total. The predicted molar refractivity (Wildman–Crippen MR) is 194 cm³/mol. The van der Waals surface area contributed by atoms with Gasteiger partial charge in [-0.15, -0.1) is 0 Å². The maximum atomic E-state index is 14.5. The predicted octanol–water partition coefficient (Wildman–Crippen LogP) is 3.40. The van der Waals surface area contributed by atoms with Gasteiger partial charge in [-0.3, -0.25) is 24.4 Å². The van der Waals surface area contributed by atoms with Gasteiger partial charge in [0.05, 0.1) is 31.1 Å². The third kappa shape index (κ3) is 8.67. The maximum Gasteiger partial charge on any atom is 0.258 e. The van der Waals surface area contributed by atoms with Crippen LogP contribution in [0.15, 0.2) is 57.4 Å². The van der Waals surface area contributed by atoms with Crippen molar-refractivity contribution in [2.45, 2.75) is 87.1 Å². The number of amidine groups is 1. The third-order valence-corrected chi connectivity index (χ3v) is 12.2. The number of piperidine rings is 1. The van der Waals surface area contributed by atoms with Gasteiger partial charge in [0, 0.05) is 76.2 Å². The summed E-state index contributed by atoms with van der Waals surface area (Å²) in [6, 6.07) is 1.99. The number of nitrogens with zero attached hydrogens (tertiary/aromatic N) is 7. The summed E-state index contributed by atoms with van der Waals surface area (Å²) in [4.78, 5) is 27.8. The Bertz CT molecular complexity index is 1870. The molecule has 1 aromatic carbocycles. The number of rotatable bonds is 12. The molecule has 2 aromatic rings. The smallest absolute Gasteiger partial charge is 0.258 e. The lowest BCUT2D eigenvalue weighted by molar-refractivity contribution is -0.239. The standard InChI is InChI=1S/C36H49F3N8O6S/c1-24(2)47(27-15-35(38,39)16-27)33(48)29-14-25(37)6-7-30(29)53-31(18-40-3)32(41-4)46-21-34(22-46)10-12-45(13-11-34)23-36(49)9-8-26(20-52-36)43-54(50,51)28-17-42-44(5)19-28/h6-7,14,17-19,24,26-27,43,49H,3,8-13,15-16,20-23H2,1-2,4-5H3/b31-18+,41-32?/t26-,36-/m1/s1. The van der Waals surface area contributed by atoms with E-state index in [1.54, 1.807) is 27.9 Å². The highest BCUT2D eigenvalue weighted by Crippen LogP contribution is 2.44. The molecular formula is C36H49F3N8O6S. The van der Waals surface area contributed by atoms with Crippen molar-refractivity contribution in [2.75, 3.05) is 46.4 Å². The Balaban J connectivity index is 1.03. The van der Waals surface area contributed by atoms with Crippen LogP contribution in [0.5, 0.6) is 5.75 Å². The van der Waals surface area contributed by atoms with E-state index in [0.29, 0.717) is 31.9 Å². The first kappa shape index (κ1) is 39.8. The molecule has 4 aliphatic rings. The zero-order valence-corrected chi connectivity index (χ0v) is 31.9. The molecule has 1 saturated carbocycles. The highest BCUT2D eigenvalue weighted by Gasteiger charge is 2.51. The summed E-state index contributed by atoms with van der Waals surface area (Å²) >= 11 is 0. The Morgan fingerprint density at radius 1 is 1.24 bits per heavy atom. The summed E-state index contributed by atoms with van der Waals surface area (Å²) in [5.74, 6) is -4.80. The number of benzene rings is 1. The van der Waals surface area contributed by atoms with Crippen LogP contribution in [0.1, 0.15) is 62.7 Å². The van der Waals surface area contributed by atoms with Gasteiger partial charge in [0.25, 0.3) is 11.8 Å². The number of carbonyl (C=O) groups is 1. The van der Waals surface area contributed by atoms with E-state index in [0.717, 1.165) is 38.1 Å². The Kier molecular flexibility index (Phi) is 11.3. The molecule has 0 radical (unpaired) electrons. The number of hydrogen-bond donors (Lipinski definition) is 2. The molecule has 4 heterocycles. The van der Waals surface area contributed by atoms with Crippen LogP contribution < -0.4 is 9.46 Å².